The number of fused-ring (bicyclic) bond motifs is 1. The second kappa shape index (κ2) is 7.43. The number of carbonyl (C=O) groups excluding carboxylic acids is 1. The molecule has 28 heavy (non-hydrogen) atoms. The standard InChI is InChI=1S/C19H24ClN5O3/c1-6-7-24-17-14(18(27)23(5)19(24)28)15(26)13(21-17)8-12-11(4)22-25(16(12)20)9-10(2)3/h8,10,21H,6-7,9H2,1-5H3/b13-8-. The fourth-order valence-corrected chi connectivity index (χ4v) is 3.59. The van der Waals surface area contributed by atoms with Crippen LogP contribution in [0.15, 0.2) is 15.3 Å². The fraction of sp³-hybridized carbons (Fsp3) is 0.474. The highest BCUT2D eigenvalue weighted by molar-refractivity contribution is 6.31. The normalized spacial score (nSPS) is 14.8. The summed E-state index contributed by atoms with van der Waals surface area (Å²) < 4.78 is 4.09. The predicted molar refractivity (Wildman–Crippen MR) is 109 cm³/mol. The third-order valence-electron chi connectivity index (χ3n) is 4.65. The van der Waals surface area contributed by atoms with Crippen molar-refractivity contribution in [3.8, 4) is 0 Å². The average molecular weight is 406 g/mol. The van der Waals surface area contributed by atoms with Gasteiger partial charge in [-0.3, -0.25) is 23.4 Å². The third-order valence-corrected chi connectivity index (χ3v) is 5.05. The van der Waals surface area contributed by atoms with Gasteiger partial charge in [0.1, 0.15) is 16.5 Å². The molecule has 8 nitrogen and oxygen atoms in total. The van der Waals surface area contributed by atoms with Crippen molar-refractivity contribution >= 4 is 29.3 Å². The number of aryl methyl sites for hydroxylation is 1. The number of carbonyl (C=O) groups is 1. The summed E-state index contributed by atoms with van der Waals surface area (Å²) in [5.41, 5.74) is 0.425. The number of nitrogens with one attached hydrogen (secondary N) is 1. The summed E-state index contributed by atoms with van der Waals surface area (Å²) in [5, 5.41) is 7.84. The lowest BCUT2D eigenvalue weighted by atomic mass is 10.1. The molecule has 0 aromatic carbocycles. The van der Waals surface area contributed by atoms with Crippen molar-refractivity contribution in [2.45, 2.75) is 47.2 Å². The largest absolute Gasteiger partial charge is 0.338 e. The van der Waals surface area contributed by atoms with E-state index in [0.717, 1.165) is 4.57 Å². The Bertz CT molecular complexity index is 1100. The van der Waals surface area contributed by atoms with Gasteiger partial charge in [-0.05, 0) is 25.3 Å². The van der Waals surface area contributed by atoms with Gasteiger partial charge in [0.2, 0.25) is 5.78 Å². The molecule has 2 aromatic heterocycles. The van der Waals surface area contributed by atoms with Gasteiger partial charge < -0.3 is 5.32 Å². The van der Waals surface area contributed by atoms with Crippen molar-refractivity contribution in [1.82, 2.24) is 18.9 Å². The molecule has 2 aromatic rings. The molecule has 3 rings (SSSR count). The third kappa shape index (κ3) is 3.22. The molecule has 150 valence electrons. The number of ketones is 1. The van der Waals surface area contributed by atoms with Gasteiger partial charge in [0.25, 0.3) is 5.56 Å². The minimum absolute atomic E-state index is 0.0230. The average Bonchev–Trinajstić information content (AvgIpc) is 3.08. The maximum atomic E-state index is 12.9. The maximum Gasteiger partial charge on any atom is 0.332 e. The number of allylic oxidation sites excluding steroid dienone is 1. The summed E-state index contributed by atoms with van der Waals surface area (Å²) in [7, 11) is 1.38. The van der Waals surface area contributed by atoms with Gasteiger partial charge in [0.15, 0.2) is 0 Å². The fourth-order valence-electron chi connectivity index (χ4n) is 3.30. The summed E-state index contributed by atoms with van der Waals surface area (Å²) in [6.07, 6.45) is 2.29. The van der Waals surface area contributed by atoms with Crippen LogP contribution >= 0.6 is 11.6 Å². The molecule has 0 saturated carbocycles. The highest BCUT2D eigenvalue weighted by atomic mass is 35.5. The molecule has 0 fully saturated rings. The van der Waals surface area contributed by atoms with E-state index in [-0.39, 0.29) is 17.1 Å². The van der Waals surface area contributed by atoms with E-state index < -0.39 is 17.0 Å². The number of rotatable bonds is 5. The lowest BCUT2D eigenvalue weighted by molar-refractivity contribution is 0.104. The second-order valence-corrected chi connectivity index (χ2v) is 7.76. The number of halogens is 1. The Hall–Kier alpha value is -2.61. The van der Waals surface area contributed by atoms with Crippen LogP contribution in [0.4, 0.5) is 5.82 Å². The van der Waals surface area contributed by atoms with Crippen LogP contribution in [0.5, 0.6) is 0 Å². The van der Waals surface area contributed by atoms with Gasteiger partial charge in [-0.15, -0.1) is 0 Å². The Morgan fingerprint density at radius 2 is 1.93 bits per heavy atom. The summed E-state index contributed by atoms with van der Waals surface area (Å²) in [6.45, 7) is 8.91. The molecular weight excluding hydrogens is 382 g/mol. The van der Waals surface area contributed by atoms with Crippen molar-refractivity contribution < 1.29 is 4.79 Å². The van der Waals surface area contributed by atoms with Gasteiger partial charge in [0, 0.05) is 25.7 Å². The molecule has 9 heteroatoms. The number of aromatic nitrogens is 4. The lowest BCUT2D eigenvalue weighted by Gasteiger charge is -2.11. The van der Waals surface area contributed by atoms with Crippen molar-refractivity contribution in [3.63, 3.8) is 0 Å². The van der Waals surface area contributed by atoms with Crippen molar-refractivity contribution in [3.05, 3.63) is 48.5 Å². The van der Waals surface area contributed by atoms with E-state index in [0.29, 0.717) is 41.8 Å². The summed E-state index contributed by atoms with van der Waals surface area (Å²) >= 11 is 6.47. The van der Waals surface area contributed by atoms with Gasteiger partial charge in [0.05, 0.1) is 11.4 Å². The molecule has 0 atom stereocenters. The molecule has 0 bridgehead atoms. The molecular formula is C19H24ClN5O3. The smallest absolute Gasteiger partial charge is 0.332 e. The molecule has 1 aliphatic rings. The van der Waals surface area contributed by atoms with E-state index in [1.165, 1.54) is 11.6 Å². The van der Waals surface area contributed by atoms with Crippen LogP contribution in [0.1, 0.15) is 48.8 Å². The first-order chi connectivity index (χ1) is 13.2. The van der Waals surface area contributed by atoms with E-state index in [1.807, 2.05) is 13.8 Å². The molecule has 1 aliphatic heterocycles. The number of anilines is 1. The molecule has 0 aliphatic carbocycles. The molecule has 0 amide bonds. The molecule has 0 unspecified atom stereocenters. The van der Waals surface area contributed by atoms with E-state index in [1.54, 1.807) is 10.8 Å². The van der Waals surface area contributed by atoms with Crippen LogP contribution in [0.25, 0.3) is 6.08 Å². The minimum Gasteiger partial charge on any atom is -0.338 e. The minimum atomic E-state index is -0.605. The van der Waals surface area contributed by atoms with Crippen molar-refractivity contribution in [2.75, 3.05) is 5.32 Å². The van der Waals surface area contributed by atoms with Gasteiger partial charge in [-0.1, -0.05) is 32.4 Å². The van der Waals surface area contributed by atoms with Crippen molar-refractivity contribution in [2.24, 2.45) is 13.0 Å². The molecule has 0 spiro atoms. The highest BCUT2D eigenvalue weighted by Crippen LogP contribution is 2.29. The SMILES string of the molecule is CCCn1c2c(c(=O)n(C)c1=O)C(=O)/C(=C/c1c(C)nn(CC(C)C)c1Cl)N2. The monoisotopic (exact) mass is 405 g/mol. The van der Waals surface area contributed by atoms with E-state index >= 15 is 0 Å². The Labute approximate surface area is 167 Å². The van der Waals surface area contributed by atoms with Crippen LogP contribution in [-0.4, -0.2) is 24.7 Å². The van der Waals surface area contributed by atoms with Gasteiger partial charge in [-0.2, -0.15) is 5.10 Å². The molecule has 3 heterocycles. The molecule has 1 N–H and O–H groups in total. The first kappa shape index (κ1) is 20.1. The van der Waals surface area contributed by atoms with Crippen LogP contribution in [-0.2, 0) is 20.1 Å². The Morgan fingerprint density at radius 1 is 1.25 bits per heavy atom. The Kier molecular flexibility index (Phi) is 5.34. The lowest BCUT2D eigenvalue weighted by Crippen LogP contribution is -2.40. The number of hydrogen-bond acceptors (Lipinski definition) is 5. The number of Topliss-reactive ketones (excluding diaryl/α,β-unsaturated/α-hetero) is 1. The van der Waals surface area contributed by atoms with Crippen molar-refractivity contribution in [1.29, 1.82) is 0 Å². The zero-order valence-electron chi connectivity index (χ0n) is 16.7. The number of hydrogen-bond donors (Lipinski definition) is 1. The van der Waals surface area contributed by atoms with Crippen LogP contribution < -0.4 is 16.6 Å². The maximum absolute atomic E-state index is 12.9. The zero-order valence-corrected chi connectivity index (χ0v) is 17.4. The molecule has 0 saturated heterocycles. The van der Waals surface area contributed by atoms with Crippen LogP contribution in [0, 0.1) is 12.8 Å². The number of nitrogens with zero attached hydrogens (tertiary/aromatic N) is 4. The summed E-state index contributed by atoms with van der Waals surface area (Å²) in [5.74, 6) is 0.154. The van der Waals surface area contributed by atoms with Gasteiger partial charge >= 0.3 is 5.69 Å². The van der Waals surface area contributed by atoms with Gasteiger partial charge in [-0.25, -0.2) is 4.79 Å². The van der Waals surface area contributed by atoms with Crippen LogP contribution in [0.3, 0.4) is 0 Å². The van der Waals surface area contributed by atoms with E-state index in [4.69, 9.17) is 11.6 Å². The predicted octanol–water partition coefficient (Wildman–Crippen LogP) is 2.42. The Balaban J connectivity index is 2.12. The Morgan fingerprint density at radius 3 is 2.54 bits per heavy atom. The first-order valence-electron chi connectivity index (χ1n) is 9.27. The first-order valence-corrected chi connectivity index (χ1v) is 9.65. The highest BCUT2D eigenvalue weighted by Gasteiger charge is 2.33. The van der Waals surface area contributed by atoms with E-state index in [9.17, 15) is 14.4 Å². The molecule has 0 radical (unpaired) electrons. The zero-order chi connectivity index (χ0) is 20.7. The van der Waals surface area contributed by atoms with Crippen LogP contribution in [0.2, 0.25) is 5.15 Å². The summed E-state index contributed by atoms with van der Waals surface area (Å²) in [4.78, 5) is 37.9. The second-order valence-electron chi connectivity index (χ2n) is 7.40. The quantitative estimate of drug-likeness (QED) is 0.771. The van der Waals surface area contributed by atoms with E-state index in [2.05, 4.69) is 24.3 Å². The summed E-state index contributed by atoms with van der Waals surface area (Å²) in [6, 6.07) is 0. The topological polar surface area (TPSA) is 90.9 Å².